The molecule has 1 heterocycles. The SMILES string of the molecule is Cc1ccc(C(C)NC(=O)CC2CCNC2)cc1F.Cl. The van der Waals surface area contributed by atoms with Crippen LogP contribution in [0.2, 0.25) is 0 Å². The van der Waals surface area contributed by atoms with Crippen molar-refractivity contribution in [3.05, 3.63) is 35.1 Å². The molecule has 1 saturated heterocycles. The van der Waals surface area contributed by atoms with Crippen molar-refractivity contribution >= 4 is 18.3 Å². The highest BCUT2D eigenvalue weighted by Crippen LogP contribution is 2.17. The zero-order valence-corrected chi connectivity index (χ0v) is 12.7. The lowest BCUT2D eigenvalue weighted by atomic mass is 10.0. The molecule has 20 heavy (non-hydrogen) atoms. The molecule has 0 radical (unpaired) electrons. The normalized spacial score (nSPS) is 19.2. The Labute approximate surface area is 125 Å². The molecule has 1 aromatic rings. The molecule has 0 aliphatic carbocycles. The molecule has 2 atom stereocenters. The van der Waals surface area contributed by atoms with Gasteiger partial charge >= 0.3 is 0 Å². The zero-order chi connectivity index (χ0) is 13.8. The summed E-state index contributed by atoms with van der Waals surface area (Å²) in [5, 5.41) is 6.18. The number of hydrogen-bond acceptors (Lipinski definition) is 2. The highest BCUT2D eigenvalue weighted by Gasteiger charge is 2.19. The number of benzene rings is 1. The summed E-state index contributed by atoms with van der Waals surface area (Å²) in [5.41, 5.74) is 1.43. The zero-order valence-electron chi connectivity index (χ0n) is 11.9. The lowest BCUT2D eigenvalue weighted by molar-refractivity contribution is -0.122. The van der Waals surface area contributed by atoms with Gasteiger partial charge in [0.05, 0.1) is 6.04 Å². The van der Waals surface area contributed by atoms with Gasteiger partial charge in [-0.25, -0.2) is 4.39 Å². The first-order chi connectivity index (χ1) is 9.06. The van der Waals surface area contributed by atoms with E-state index in [1.165, 1.54) is 6.07 Å². The predicted octanol–water partition coefficient (Wildman–Crippen LogP) is 2.73. The van der Waals surface area contributed by atoms with Gasteiger partial charge in [-0.15, -0.1) is 12.4 Å². The molecule has 2 unspecified atom stereocenters. The van der Waals surface area contributed by atoms with Crippen molar-refractivity contribution in [2.24, 2.45) is 5.92 Å². The van der Waals surface area contributed by atoms with Gasteiger partial charge in [0.25, 0.3) is 0 Å². The quantitative estimate of drug-likeness (QED) is 0.898. The summed E-state index contributed by atoms with van der Waals surface area (Å²) in [6.45, 7) is 5.53. The second-order valence-corrected chi connectivity index (χ2v) is 5.36. The van der Waals surface area contributed by atoms with Crippen molar-refractivity contribution in [3.8, 4) is 0 Å². The second-order valence-electron chi connectivity index (χ2n) is 5.36. The van der Waals surface area contributed by atoms with Gasteiger partial charge in [0, 0.05) is 6.42 Å². The van der Waals surface area contributed by atoms with Crippen molar-refractivity contribution < 1.29 is 9.18 Å². The maximum Gasteiger partial charge on any atom is 0.220 e. The Hall–Kier alpha value is -1.13. The molecule has 5 heteroatoms. The minimum atomic E-state index is -0.224. The summed E-state index contributed by atoms with van der Waals surface area (Å²) in [6, 6.07) is 4.95. The molecule has 1 aliphatic rings. The molecular weight excluding hydrogens is 279 g/mol. The number of carbonyl (C=O) groups is 1. The van der Waals surface area contributed by atoms with Crippen LogP contribution in [0.3, 0.4) is 0 Å². The summed E-state index contributed by atoms with van der Waals surface area (Å²) in [7, 11) is 0. The van der Waals surface area contributed by atoms with Gasteiger partial charge in [-0.2, -0.15) is 0 Å². The summed E-state index contributed by atoms with van der Waals surface area (Å²) in [6.07, 6.45) is 1.60. The van der Waals surface area contributed by atoms with Gasteiger partial charge in [-0.3, -0.25) is 4.79 Å². The summed E-state index contributed by atoms with van der Waals surface area (Å²) >= 11 is 0. The molecule has 0 bridgehead atoms. The number of rotatable bonds is 4. The fourth-order valence-electron chi connectivity index (χ4n) is 2.41. The van der Waals surface area contributed by atoms with Crippen molar-refractivity contribution in [2.45, 2.75) is 32.7 Å². The van der Waals surface area contributed by atoms with E-state index >= 15 is 0 Å². The van der Waals surface area contributed by atoms with Crippen LogP contribution in [-0.4, -0.2) is 19.0 Å². The molecule has 0 aromatic heterocycles. The molecule has 0 saturated carbocycles. The van der Waals surface area contributed by atoms with Crippen molar-refractivity contribution in [3.63, 3.8) is 0 Å². The molecular formula is C15H22ClFN2O. The van der Waals surface area contributed by atoms with E-state index in [0.29, 0.717) is 17.9 Å². The average molecular weight is 301 g/mol. The Balaban J connectivity index is 0.00000200. The van der Waals surface area contributed by atoms with Crippen molar-refractivity contribution in [1.29, 1.82) is 0 Å². The van der Waals surface area contributed by atoms with Crippen LogP contribution >= 0.6 is 12.4 Å². The largest absolute Gasteiger partial charge is 0.350 e. The third-order valence-electron chi connectivity index (χ3n) is 3.71. The minimum absolute atomic E-state index is 0. The Morgan fingerprint density at radius 1 is 1.55 bits per heavy atom. The number of aryl methyl sites for hydroxylation is 1. The second kappa shape index (κ2) is 7.60. The lowest BCUT2D eigenvalue weighted by Gasteiger charge is -2.16. The van der Waals surface area contributed by atoms with Gasteiger partial charge in [-0.1, -0.05) is 12.1 Å². The van der Waals surface area contributed by atoms with Gasteiger partial charge in [0.15, 0.2) is 0 Å². The van der Waals surface area contributed by atoms with Gasteiger partial charge in [0.2, 0.25) is 5.91 Å². The molecule has 0 spiro atoms. The van der Waals surface area contributed by atoms with E-state index in [9.17, 15) is 9.18 Å². The predicted molar refractivity (Wildman–Crippen MR) is 80.5 cm³/mol. The highest BCUT2D eigenvalue weighted by atomic mass is 35.5. The maximum absolute atomic E-state index is 13.5. The van der Waals surface area contributed by atoms with Crippen LogP contribution < -0.4 is 10.6 Å². The van der Waals surface area contributed by atoms with Crippen LogP contribution in [0.5, 0.6) is 0 Å². The van der Waals surface area contributed by atoms with E-state index in [2.05, 4.69) is 10.6 Å². The van der Waals surface area contributed by atoms with Crippen LogP contribution in [-0.2, 0) is 4.79 Å². The van der Waals surface area contributed by atoms with Crippen LogP contribution in [0.4, 0.5) is 4.39 Å². The number of amides is 1. The van der Waals surface area contributed by atoms with Gasteiger partial charge < -0.3 is 10.6 Å². The first-order valence-electron chi connectivity index (χ1n) is 6.82. The topological polar surface area (TPSA) is 41.1 Å². The van der Waals surface area contributed by atoms with Crippen LogP contribution in [0.25, 0.3) is 0 Å². The Kier molecular flexibility index (Phi) is 6.43. The Bertz CT molecular complexity index is 461. The molecule has 112 valence electrons. The van der Waals surface area contributed by atoms with E-state index in [0.717, 1.165) is 25.1 Å². The number of nitrogens with one attached hydrogen (secondary N) is 2. The van der Waals surface area contributed by atoms with Gasteiger partial charge in [0.1, 0.15) is 5.82 Å². The van der Waals surface area contributed by atoms with Crippen molar-refractivity contribution in [2.75, 3.05) is 13.1 Å². The van der Waals surface area contributed by atoms with E-state index in [-0.39, 0.29) is 30.2 Å². The Morgan fingerprint density at radius 3 is 2.90 bits per heavy atom. The molecule has 3 nitrogen and oxygen atoms in total. The molecule has 2 rings (SSSR count). The first-order valence-corrected chi connectivity index (χ1v) is 6.82. The maximum atomic E-state index is 13.5. The first kappa shape index (κ1) is 16.9. The van der Waals surface area contributed by atoms with E-state index in [1.54, 1.807) is 13.0 Å². The molecule has 1 fully saturated rings. The number of halogens is 2. The average Bonchev–Trinajstić information content (AvgIpc) is 2.85. The molecule has 1 aromatic carbocycles. The minimum Gasteiger partial charge on any atom is -0.350 e. The monoisotopic (exact) mass is 300 g/mol. The molecule has 2 N–H and O–H groups in total. The summed E-state index contributed by atoms with van der Waals surface area (Å²) in [5.74, 6) is 0.253. The number of carbonyl (C=O) groups excluding carboxylic acids is 1. The van der Waals surface area contributed by atoms with Gasteiger partial charge in [-0.05, 0) is 56.5 Å². The Morgan fingerprint density at radius 2 is 2.30 bits per heavy atom. The van der Waals surface area contributed by atoms with Crippen LogP contribution in [0.1, 0.15) is 36.9 Å². The summed E-state index contributed by atoms with van der Waals surface area (Å²) < 4.78 is 13.5. The highest BCUT2D eigenvalue weighted by molar-refractivity contribution is 5.85. The smallest absolute Gasteiger partial charge is 0.220 e. The number of hydrogen-bond donors (Lipinski definition) is 2. The van der Waals surface area contributed by atoms with Crippen LogP contribution in [0, 0.1) is 18.7 Å². The summed E-state index contributed by atoms with van der Waals surface area (Å²) in [4.78, 5) is 11.9. The fraction of sp³-hybridized carbons (Fsp3) is 0.533. The standard InChI is InChI=1S/C15H21FN2O.ClH/c1-10-3-4-13(8-14(10)16)11(2)18-15(19)7-12-5-6-17-9-12;/h3-4,8,11-12,17H,5-7,9H2,1-2H3,(H,18,19);1H. The van der Waals surface area contributed by atoms with E-state index < -0.39 is 0 Å². The van der Waals surface area contributed by atoms with E-state index in [1.807, 2.05) is 13.0 Å². The third kappa shape index (κ3) is 4.46. The van der Waals surface area contributed by atoms with Crippen molar-refractivity contribution in [1.82, 2.24) is 10.6 Å². The molecule has 1 amide bonds. The van der Waals surface area contributed by atoms with Crippen LogP contribution in [0.15, 0.2) is 18.2 Å². The third-order valence-corrected chi connectivity index (χ3v) is 3.71. The van der Waals surface area contributed by atoms with E-state index in [4.69, 9.17) is 0 Å². The molecule has 1 aliphatic heterocycles. The lowest BCUT2D eigenvalue weighted by Crippen LogP contribution is -2.29. The fourth-order valence-corrected chi connectivity index (χ4v) is 2.41.